The Bertz CT molecular complexity index is 844. The van der Waals surface area contributed by atoms with Gasteiger partial charge in [0, 0.05) is 24.6 Å². The molecule has 0 unspecified atom stereocenters. The molecule has 0 bridgehead atoms. The van der Waals surface area contributed by atoms with Gasteiger partial charge in [-0.2, -0.15) is 0 Å². The minimum atomic E-state index is -1.00. The largest absolute Gasteiger partial charge is 0.497 e. The molecule has 32 heavy (non-hydrogen) atoms. The van der Waals surface area contributed by atoms with Crippen molar-refractivity contribution in [3.63, 3.8) is 0 Å². The SMILES string of the molecule is CCN1C(=O)N[C@@](CCCO)(C[C@@]2(c3cc(OC)ccc3C)CCN(CC)[C@H](C)C2)C1=O. The molecule has 2 aliphatic rings. The van der Waals surface area contributed by atoms with Gasteiger partial charge in [-0.15, -0.1) is 0 Å². The molecule has 1 aromatic carbocycles. The van der Waals surface area contributed by atoms with E-state index < -0.39 is 5.54 Å². The van der Waals surface area contributed by atoms with Gasteiger partial charge in [0.1, 0.15) is 11.3 Å². The average molecular weight is 446 g/mol. The van der Waals surface area contributed by atoms with E-state index in [1.807, 2.05) is 13.0 Å². The maximum atomic E-state index is 13.6. The fraction of sp³-hybridized carbons (Fsp3) is 0.680. The van der Waals surface area contributed by atoms with Gasteiger partial charge in [-0.05, 0) is 89.2 Å². The summed E-state index contributed by atoms with van der Waals surface area (Å²) in [7, 11) is 1.67. The van der Waals surface area contributed by atoms with Crippen molar-refractivity contribution in [2.75, 3.05) is 33.4 Å². The molecule has 3 rings (SSSR count). The quantitative estimate of drug-likeness (QED) is 0.571. The van der Waals surface area contributed by atoms with E-state index in [0.29, 0.717) is 31.8 Å². The number of likely N-dealkylation sites (tertiary alicyclic amines) is 1. The number of piperidine rings is 1. The van der Waals surface area contributed by atoms with Crippen molar-refractivity contribution in [2.45, 2.75) is 76.8 Å². The molecule has 0 radical (unpaired) electrons. The van der Waals surface area contributed by atoms with Crippen LogP contribution < -0.4 is 10.1 Å². The summed E-state index contributed by atoms with van der Waals surface area (Å²) in [5, 5.41) is 12.6. The van der Waals surface area contributed by atoms with Gasteiger partial charge in [0.2, 0.25) is 0 Å². The van der Waals surface area contributed by atoms with Crippen LogP contribution in [0.2, 0.25) is 0 Å². The van der Waals surface area contributed by atoms with Crippen LogP contribution in [0.5, 0.6) is 5.75 Å². The molecule has 0 saturated carbocycles. The number of ether oxygens (including phenoxy) is 1. The van der Waals surface area contributed by atoms with E-state index in [-0.39, 0.29) is 24.0 Å². The molecule has 0 aliphatic carbocycles. The summed E-state index contributed by atoms with van der Waals surface area (Å²) in [4.78, 5) is 30.1. The van der Waals surface area contributed by atoms with Gasteiger partial charge in [-0.1, -0.05) is 13.0 Å². The highest BCUT2D eigenvalue weighted by atomic mass is 16.5. The molecular formula is C25H39N3O4. The standard InChI is InChI=1S/C25H39N3O4/c1-6-27-13-12-24(16-19(27)4,21-15-20(32-5)10-9-18(21)3)17-25(11-8-14-29)22(30)28(7-2)23(31)26-25/h9-10,15,19,29H,6-8,11-14,16-17H2,1-5H3,(H,26,31)/t19-,24-,25+/m1/s1. The highest BCUT2D eigenvalue weighted by Crippen LogP contribution is 2.48. The van der Waals surface area contributed by atoms with Crippen LogP contribution in [0.15, 0.2) is 18.2 Å². The molecule has 0 spiro atoms. The summed E-state index contributed by atoms with van der Waals surface area (Å²) >= 11 is 0. The summed E-state index contributed by atoms with van der Waals surface area (Å²) in [5.41, 5.74) is 1.08. The zero-order chi connectivity index (χ0) is 23.5. The van der Waals surface area contributed by atoms with Gasteiger partial charge in [0.05, 0.1) is 7.11 Å². The Kier molecular flexibility index (Phi) is 7.50. The molecule has 2 heterocycles. The second kappa shape index (κ2) is 9.79. The number of urea groups is 1. The van der Waals surface area contributed by atoms with Gasteiger partial charge in [0.25, 0.3) is 5.91 Å². The summed E-state index contributed by atoms with van der Waals surface area (Å²) in [6.45, 7) is 10.6. The van der Waals surface area contributed by atoms with E-state index in [1.54, 1.807) is 7.11 Å². The molecule has 1 aromatic rings. The average Bonchev–Trinajstić information content (AvgIpc) is 3.01. The van der Waals surface area contributed by atoms with Crippen molar-refractivity contribution < 1.29 is 19.4 Å². The Morgan fingerprint density at radius 1 is 1.25 bits per heavy atom. The Morgan fingerprint density at radius 3 is 2.56 bits per heavy atom. The monoisotopic (exact) mass is 445 g/mol. The minimum absolute atomic E-state index is 0.0117. The van der Waals surface area contributed by atoms with Crippen molar-refractivity contribution in [1.29, 1.82) is 0 Å². The number of likely N-dealkylation sites (N-methyl/N-ethyl adjacent to an activating group) is 1. The van der Waals surface area contributed by atoms with Crippen LogP contribution in [0, 0.1) is 6.92 Å². The number of carbonyl (C=O) groups is 2. The maximum absolute atomic E-state index is 13.6. The third-order valence-electron chi connectivity index (χ3n) is 7.57. The lowest BCUT2D eigenvalue weighted by atomic mass is 9.62. The first kappa shape index (κ1) is 24.5. The number of aryl methyl sites for hydroxylation is 1. The van der Waals surface area contributed by atoms with E-state index in [1.165, 1.54) is 16.0 Å². The summed E-state index contributed by atoms with van der Waals surface area (Å²) < 4.78 is 5.56. The van der Waals surface area contributed by atoms with Crippen LogP contribution in [-0.2, 0) is 10.2 Å². The molecule has 0 aromatic heterocycles. The van der Waals surface area contributed by atoms with Crippen LogP contribution in [-0.4, -0.2) is 71.8 Å². The lowest BCUT2D eigenvalue weighted by Gasteiger charge is -2.49. The highest BCUT2D eigenvalue weighted by molar-refractivity contribution is 6.07. The van der Waals surface area contributed by atoms with Crippen LogP contribution in [0.1, 0.15) is 64.0 Å². The second-order valence-corrected chi connectivity index (χ2v) is 9.46. The molecule has 2 aliphatic heterocycles. The molecule has 2 saturated heterocycles. The zero-order valence-corrected chi connectivity index (χ0v) is 20.2. The molecule has 7 heteroatoms. The van der Waals surface area contributed by atoms with Crippen molar-refractivity contribution >= 4 is 11.9 Å². The number of rotatable bonds is 9. The van der Waals surface area contributed by atoms with E-state index in [0.717, 1.165) is 31.7 Å². The number of imide groups is 1. The van der Waals surface area contributed by atoms with Crippen LogP contribution in [0.3, 0.4) is 0 Å². The van der Waals surface area contributed by atoms with Crippen LogP contribution in [0.4, 0.5) is 4.79 Å². The summed E-state index contributed by atoms with van der Waals surface area (Å²) in [6.07, 6.45) is 3.21. The molecule has 3 amide bonds. The molecule has 2 N–H and O–H groups in total. The third kappa shape index (κ3) is 4.37. The number of nitrogens with zero attached hydrogens (tertiary/aromatic N) is 2. The molecular weight excluding hydrogens is 406 g/mol. The van der Waals surface area contributed by atoms with Crippen LogP contribution in [0.25, 0.3) is 0 Å². The molecule has 3 atom stereocenters. The lowest BCUT2D eigenvalue weighted by Crippen LogP contribution is -2.56. The Hall–Kier alpha value is -2.12. The van der Waals surface area contributed by atoms with Gasteiger partial charge < -0.3 is 20.1 Å². The van der Waals surface area contributed by atoms with E-state index >= 15 is 0 Å². The predicted octanol–water partition coefficient (Wildman–Crippen LogP) is 3.22. The number of aliphatic hydroxyl groups is 1. The van der Waals surface area contributed by atoms with E-state index in [9.17, 15) is 14.7 Å². The van der Waals surface area contributed by atoms with Crippen molar-refractivity contribution in [2.24, 2.45) is 0 Å². The first-order valence-electron chi connectivity index (χ1n) is 11.9. The van der Waals surface area contributed by atoms with E-state index in [2.05, 4.69) is 43.1 Å². The number of carbonyl (C=O) groups excluding carboxylic acids is 2. The minimum Gasteiger partial charge on any atom is -0.497 e. The number of hydrogen-bond acceptors (Lipinski definition) is 5. The highest BCUT2D eigenvalue weighted by Gasteiger charge is 2.55. The third-order valence-corrected chi connectivity index (χ3v) is 7.57. The smallest absolute Gasteiger partial charge is 0.325 e. The Labute approximate surface area is 192 Å². The number of amides is 3. The summed E-state index contributed by atoms with van der Waals surface area (Å²) in [6, 6.07) is 6.19. The lowest BCUT2D eigenvalue weighted by molar-refractivity contribution is -0.132. The molecule has 178 valence electrons. The Balaban J connectivity index is 2.11. The predicted molar refractivity (Wildman–Crippen MR) is 125 cm³/mol. The first-order chi connectivity index (χ1) is 15.3. The number of methoxy groups -OCH3 is 1. The molecule has 2 fully saturated rings. The zero-order valence-electron chi connectivity index (χ0n) is 20.2. The van der Waals surface area contributed by atoms with Gasteiger partial charge >= 0.3 is 6.03 Å². The normalized spacial score (nSPS) is 28.8. The van der Waals surface area contributed by atoms with Gasteiger partial charge in [0.15, 0.2) is 0 Å². The van der Waals surface area contributed by atoms with E-state index in [4.69, 9.17) is 4.74 Å². The van der Waals surface area contributed by atoms with Crippen molar-refractivity contribution in [3.05, 3.63) is 29.3 Å². The number of aliphatic hydroxyl groups excluding tert-OH is 1. The topological polar surface area (TPSA) is 82.1 Å². The maximum Gasteiger partial charge on any atom is 0.325 e. The van der Waals surface area contributed by atoms with Gasteiger partial charge in [-0.3, -0.25) is 9.69 Å². The number of benzene rings is 1. The second-order valence-electron chi connectivity index (χ2n) is 9.46. The fourth-order valence-electron chi connectivity index (χ4n) is 5.94. The summed E-state index contributed by atoms with van der Waals surface area (Å²) in [5.74, 6) is 0.640. The van der Waals surface area contributed by atoms with Gasteiger partial charge in [-0.25, -0.2) is 4.79 Å². The first-order valence-corrected chi connectivity index (χ1v) is 11.9. The van der Waals surface area contributed by atoms with Crippen molar-refractivity contribution in [3.8, 4) is 5.75 Å². The number of hydrogen-bond donors (Lipinski definition) is 2. The fourth-order valence-corrected chi connectivity index (χ4v) is 5.94. The Morgan fingerprint density at radius 2 is 2.00 bits per heavy atom. The molecule has 7 nitrogen and oxygen atoms in total. The van der Waals surface area contributed by atoms with Crippen LogP contribution >= 0.6 is 0 Å². The number of nitrogens with one attached hydrogen (secondary N) is 1. The van der Waals surface area contributed by atoms with Crippen molar-refractivity contribution in [1.82, 2.24) is 15.1 Å².